The Bertz CT molecular complexity index is 527. The van der Waals surface area contributed by atoms with Crippen LogP contribution >= 0.6 is 0 Å². The Labute approximate surface area is 111 Å². The molecular formula is C13H17N3O3. The maximum absolute atomic E-state index is 10.3. The molecule has 6 heteroatoms. The number of hydrogen-bond acceptors (Lipinski definition) is 5. The van der Waals surface area contributed by atoms with Crippen LogP contribution in [0.3, 0.4) is 0 Å². The summed E-state index contributed by atoms with van der Waals surface area (Å²) in [5.74, 6) is 0.951. The van der Waals surface area contributed by atoms with Crippen LogP contribution in [-0.2, 0) is 4.74 Å². The topological polar surface area (TPSA) is 93.4 Å². The molecule has 102 valence electrons. The molecule has 0 aliphatic rings. The molecule has 0 amide bonds. The highest BCUT2D eigenvalue weighted by Gasteiger charge is 2.18. The molecule has 0 spiro atoms. The van der Waals surface area contributed by atoms with Gasteiger partial charge >= 0.3 is 0 Å². The zero-order chi connectivity index (χ0) is 13.7. The monoisotopic (exact) mass is 263 g/mol. The van der Waals surface area contributed by atoms with Gasteiger partial charge in [-0.15, -0.1) is 0 Å². The minimum Gasteiger partial charge on any atom is -0.491 e. The Morgan fingerprint density at radius 3 is 2.79 bits per heavy atom. The largest absolute Gasteiger partial charge is 0.491 e. The van der Waals surface area contributed by atoms with Crippen molar-refractivity contribution in [1.82, 2.24) is 10.2 Å². The predicted octanol–water partition coefficient (Wildman–Crippen LogP) is 1.10. The molecule has 1 heterocycles. The Hall–Kier alpha value is -2.05. The molecule has 19 heavy (non-hydrogen) atoms. The van der Waals surface area contributed by atoms with Crippen LogP contribution in [0.2, 0.25) is 0 Å². The van der Waals surface area contributed by atoms with Gasteiger partial charge in [0.2, 0.25) is 0 Å². The summed E-state index contributed by atoms with van der Waals surface area (Å²) in [6.07, 6.45) is 0.629. The van der Waals surface area contributed by atoms with Crippen molar-refractivity contribution < 1.29 is 14.6 Å². The second kappa shape index (κ2) is 6.21. The molecule has 1 unspecified atom stereocenters. The second-order valence-electron chi connectivity index (χ2n) is 4.02. The molecular weight excluding hydrogens is 246 g/mol. The van der Waals surface area contributed by atoms with Crippen molar-refractivity contribution in [2.75, 3.05) is 26.1 Å². The lowest BCUT2D eigenvalue weighted by Crippen LogP contribution is -2.09. The van der Waals surface area contributed by atoms with Crippen molar-refractivity contribution in [2.45, 2.75) is 6.10 Å². The van der Waals surface area contributed by atoms with E-state index in [1.807, 2.05) is 12.1 Å². The van der Waals surface area contributed by atoms with Crippen LogP contribution in [0.1, 0.15) is 17.2 Å². The molecule has 0 saturated carbocycles. The van der Waals surface area contributed by atoms with E-state index in [4.69, 9.17) is 15.2 Å². The van der Waals surface area contributed by atoms with Crippen LogP contribution in [0.25, 0.3) is 0 Å². The van der Waals surface area contributed by atoms with Crippen LogP contribution in [0.15, 0.2) is 30.5 Å². The van der Waals surface area contributed by atoms with Crippen LogP contribution < -0.4 is 10.5 Å². The summed E-state index contributed by atoms with van der Waals surface area (Å²) < 4.78 is 10.5. The number of nitrogen functional groups attached to an aromatic ring is 1. The van der Waals surface area contributed by atoms with Crippen molar-refractivity contribution in [3.8, 4) is 5.75 Å². The molecule has 1 atom stereocenters. The number of methoxy groups -OCH3 is 1. The molecule has 0 saturated heterocycles. The first kappa shape index (κ1) is 13.4. The third-order valence-corrected chi connectivity index (χ3v) is 2.75. The van der Waals surface area contributed by atoms with Gasteiger partial charge in [0.1, 0.15) is 24.3 Å². The molecule has 0 bridgehead atoms. The van der Waals surface area contributed by atoms with Crippen molar-refractivity contribution in [3.05, 3.63) is 41.6 Å². The fourth-order valence-corrected chi connectivity index (χ4v) is 1.76. The van der Waals surface area contributed by atoms with Crippen LogP contribution in [0.4, 0.5) is 5.82 Å². The quantitative estimate of drug-likeness (QED) is 0.678. The number of anilines is 1. The molecule has 1 aromatic carbocycles. The Morgan fingerprint density at radius 2 is 2.11 bits per heavy atom. The fraction of sp³-hybridized carbons (Fsp3) is 0.308. The third kappa shape index (κ3) is 3.04. The standard InChI is InChI=1S/C13H17N3O3/c1-18-6-7-19-11-5-3-2-4-9(11)12(17)10-8-15-16-13(10)14/h2-5,8,12,17H,6-7H2,1H3,(H3,14,15,16). The fourth-order valence-electron chi connectivity index (χ4n) is 1.76. The van der Waals surface area contributed by atoms with Gasteiger partial charge in [0.15, 0.2) is 0 Å². The number of nitrogens with one attached hydrogen (secondary N) is 1. The summed E-state index contributed by atoms with van der Waals surface area (Å²) in [4.78, 5) is 0. The lowest BCUT2D eigenvalue weighted by atomic mass is 10.0. The number of nitrogens with two attached hydrogens (primary N) is 1. The van der Waals surface area contributed by atoms with E-state index in [1.54, 1.807) is 19.2 Å². The van der Waals surface area contributed by atoms with Crippen molar-refractivity contribution in [3.63, 3.8) is 0 Å². The summed E-state index contributed by atoms with van der Waals surface area (Å²) in [6.45, 7) is 0.902. The van der Waals surface area contributed by atoms with Gasteiger partial charge in [-0.2, -0.15) is 5.10 Å². The number of hydrogen-bond donors (Lipinski definition) is 3. The number of para-hydroxylation sites is 1. The summed E-state index contributed by atoms with van der Waals surface area (Å²) in [7, 11) is 1.61. The van der Waals surface area contributed by atoms with Gasteiger partial charge in [-0.1, -0.05) is 18.2 Å². The number of ether oxygens (including phenoxy) is 2. The molecule has 0 aliphatic carbocycles. The van der Waals surface area contributed by atoms with Crippen LogP contribution in [-0.4, -0.2) is 35.6 Å². The van der Waals surface area contributed by atoms with E-state index >= 15 is 0 Å². The lowest BCUT2D eigenvalue weighted by molar-refractivity contribution is 0.142. The highest BCUT2D eigenvalue weighted by Crippen LogP contribution is 2.31. The summed E-state index contributed by atoms with van der Waals surface area (Å²) in [5.41, 5.74) is 6.89. The summed E-state index contributed by atoms with van der Waals surface area (Å²) in [6, 6.07) is 7.26. The first-order chi connectivity index (χ1) is 9.24. The minimum absolute atomic E-state index is 0.346. The van der Waals surface area contributed by atoms with Crippen molar-refractivity contribution >= 4 is 5.82 Å². The Morgan fingerprint density at radius 1 is 1.32 bits per heavy atom. The van der Waals surface area contributed by atoms with Gasteiger partial charge in [0.25, 0.3) is 0 Å². The number of nitrogens with zero attached hydrogens (tertiary/aromatic N) is 1. The van der Waals surface area contributed by atoms with E-state index in [0.717, 1.165) is 0 Å². The summed E-state index contributed by atoms with van der Waals surface area (Å²) in [5, 5.41) is 16.7. The number of aliphatic hydroxyl groups excluding tert-OH is 1. The normalized spacial score (nSPS) is 12.3. The maximum atomic E-state index is 10.3. The average molecular weight is 263 g/mol. The lowest BCUT2D eigenvalue weighted by Gasteiger charge is -2.15. The average Bonchev–Trinajstić information content (AvgIpc) is 2.85. The van der Waals surface area contributed by atoms with Crippen molar-refractivity contribution in [1.29, 1.82) is 0 Å². The van der Waals surface area contributed by atoms with E-state index < -0.39 is 6.10 Å². The number of aromatic amines is 1. The third-order valence-electron chi connectivity index (χ3n) is 2.75. The van der Waals surface area contributed by atoms with E-state index in [0.29, 0.717) is 35.9 Å². The van der Waals surface area contributed by atoms with Gasteiger partial charge in [0, 0.05) is 18.2 Å². The van der Waals surface area contributed by atoms with Gasteiger partial charge < -0.3 is 20.3 Å². The van der Waals surface area contributed by atoms with E-state index in [9.17, 15) is 5.11 Å². The van der Waals surface area contributed by atoms with Gasteiger partial charge in [-0.05, 0) is 6.07 Å². The maximum Gasteiger partial charge on any atom is 0.125 e. The Kier molecular flexibility index (Phi) is 4.38. The molecule has 4 N–H and O–H groups in total. The Balaban J connectivity index is 2.21. The first-order valence-corrected chi connectivity index (χ1v) is 5.91. The van der Waals surface area contributed by atoms with Gasteiger partial charge in [-0.3, -0.25) is 5.10 Å². The molecule has 6 nitrogen and oxygen atoms in total. The van der Waals surface area contributed by atoms with E-state index in [-0.39, 0.29) is 0 Å². The van der Waals surface area contributed by atoms with Crippen molar-refractivity contribution in [2.24, 2.45) is 0 Å². The SMILES string of the molecule is COCCOc1ccccc1C(O)c1cn[nH]c1N. The zero-order valence-corrected chi connectivity index (χ0v) is 10.7. The van der Waals surface area contributed by atoms with E-state index in [1.165, 1.54) is 6.20 Å². The van der Waals surface area contributed by atoms with Crippen LogP contribution in [0, 0.1) is 0 Å². The highest BCUT2D eigenvalue weighted by atomic mass is 16.5. The molecule has 0 radical (unpaired) electrons. The zero-order valence-electron chi connectivity index (χ0n) is 10.7. The predicted molar refractivity (Wildman–Crippen MR) is 70.9 cm³/mol. The van der Waals surface area contributed by atoms with Gasteiger partial charge in [-0.25, -0.2) is 0 Å². The second-order valence-corrected chi connectivity index (χ2v) is 4.02. The number of benzene rings is 1. The molecule has 2 rings (SSSR count). The smallest absolute Gasteiger partial charge is 0.125 e. The molecule has 0 aliphatic heterocycles. The summed E-state index contributed by atoms with van der Waals surface area (Å²) >= 11 is 0. The van der Waals surface area contributed by atoms with Gasteiger partial charge in [0.05, 0.1) is 12.8 Å². The molecule has 2 aromatic rings. The van der Waals surface area contributed by atoms with E-state index in [2.05, 4.69) is 10.2 Å². The molecule has 1 aromatic heterocycles. The van der Waals surface area contributed by atoms with Crippen LogP contribution in [0.5, 0.6) is 5.75 Å². The highest BCUT2D eigenvalue weighted by molar-refractivity contribution is 5.47. The number of H-pyrrole nitrogens is 1. The number of aliphatic hydroxyl groups is 1. The number of aromatic nitrogens is 2. The first-order valence-electron chi connectivity index (χ1n) is 5.91. The minimum atomic E-state index is -0.877. The number of rotatable bonds is 6. The molecule has 0 fully saturated rings.